The Hall–Kier alpha value is -2.87. The van der Waals surface area contributed by atoms with Crippen LogP contribution in [0.4, 0.5) is 10.5 Å². The number of amides is 2. The van der Waals surface area contributed by atoms with Gasteiger partial charge in [0.25, 0.3) is 0 Å². The van der Waals surface area contributed by atoms with E-state index in [1.54, 1.807) is 50.4 Å². The van der Waals surface area contributed by atoms with Crippen LogP contribution in [0.25, 0.3) is 11.1 Å². The Bertz CT molecular complexity index is 961. The number of fused-ring (bicyclic) bond motifs is 1. The molecular formula is C23H32N4O4. The van der Waals surface area contributed by atoms with Crippen molar-refractivity contribution in [2.75, 3.05) is 4.90 Å². The van der Waals surface area contributed by atoms with E-state index in [4.69, 9.17) is 4.74 Å². The van der Waals surface area contributed by atoms with Crippen LogP contribution in [0.15, 0.2) is 30.6 Å². The van der Waals surface area contributed by atoms with E-state index in [1.165, 1.54) is 0 Å². The van der Waals surface area contributed by atoms with Crippen LogP contribution in [-0.4, -0.2) is 44.6 Å². The number of anilines is 1. The highest BCUT2D eigenvalue weighted by molar-refractivity contribution is 5.94. The van der Waals surface area contributed by atoms with E-state index in [9.17, 15) is 14.7 Å². The van der Waals surface area contributed by atoms with Crippen molar-refractivity contribution in [3.05, 3.63) is 36.2 Å². The lowest BCUT2D eigenvalue weighted by Crippen LogP contribution is -2.45. The molecule has 1 aromatic heterocycles. The molecular weight excluding hydrogens is 396 g/mol. The Morgan fingerprint density at radius 2 is 2.03 bits per heavy atom. The van der Waals surface area contributed by atoms with E-state index in [2.05, 4.69) is 10.4 Å². The van der Waals surface area contributed by atoms with Gasteiger partial charge in [-0.05, 0) is 64.3 Å². The molecule has 1 aromatic carbocycles. The molecule has 0 fully saturated rings. The molecule has 0 saturated heterocycles. The van der Waals surface area contributed by atoms with Gasteiger partial charge in [-0.25, -0.2) is 4.79 Å². The third-order valence-corrected chi connectivity index (χ3v) is 5.17. The highest BCUT2D eigenvalue weighted by Gasteiger charge is 2.34. The average molecular weight is 429 g/mol. The fourth-order valence-electron chi connectivity index (χ4n) is 4.05. The topological polar surface area (TPSA) is 96.7 Å². The molecule has 8 nitrogen and oxygen atoms in total. The number of nitrogens with zero attached hydrogens (tertiary/aromatic N) is 3. The molecule has 2 N–H and O–H groups in total. The number of alkyl carbamates (subject to hydrolysis) is 1. The molecule has 1 aliphatic rings. The van der Waals surface area contributed by atoms with E-state index in [0.29, 0.717) is 13.0 Å². The van der Waals surface area contributed by atoms with Gasteiger partial charge in [0, 0.05) is 30.4 Å². The molecule has 1 aliphatic heterocycles. The van der Waals surface area contributed by atoms with Crippen molar-refractivity contribution < 1.29 is 19.4 Å². The molecule has 3 rings (SSSR count). The van der Waals surface area contributed by atoms with E-state index in [0.717, 1.165) is 22.4 Å². The number of hydrogen-bond acceptors (Lipinski definition) is 5. The summed E-state index contributed by atoms with van der Waals surface area (Å²) < 4.78 is 6.98. The lowest BCUT2D eigenvalue weighted by Gasteiger charge is -2.39. The number of hydrogen-bond donors (Lipinski definition) is 2. The molecule has 2 heterocycles. The molecule has 31 heavy (non-hydrogen) atoms. The van der Waals surface area contributed by atoms with Crippen molar-refractivity contribution in [3.8, 4) is 11.1 Å². The van der Waals surface area contributed by atoms with Crippen LogP contribution in [-0.2, 0) is 16.1 Å². The predicted molar refractivity (Wildman–Crippen MR) is 119 cm³/mol. The molecule has 0 unspecified atom stereocenters. The molecule has 8 heteroatoms. The van der Waals surface area contributed by atoms with Crippen molar-refractivity contribution in [2.24, 2.45) is 0 Å². The monoisotopic (exact) mass is 428 g/mol. The van der Waals surface area contributed by atoms with Crippen LogP contribution in [0.5, 0.6) is 0 Å². The first-order valence-electron chi connectivity index (χ1n) is 10.6. The van der Waals surface area contributed by atoms with Gasteiger partial charge in [-0.3, -0.25) is 9.48 Å². The van der Waals surface area contributed by atoms with Gasteiger partial charge < -0.3 is 20.1 Å². The number of aromatic nitrogens is 2. The summed E-state index contributed by atoms with van der Waals surface area (Å²) in [6, 6.07) is 5.51. The third kappa shape index (κ3) is 5.44. The number of carbonyl (C=O) groups excluding carboxylic acids is 2. The molecule has 0 bridgehead atoms. The second-order valence-corrected chi connectivity index (χ2v) is 9.14. The van der Waals surface area contributed by atoms with Crippen LogP contribution in [0.3, 0.4) is 0 Å². The van der Waals surface area contributed by atoms with Crippen molar-refractivity contribution in [2.45, 2.75) is 78.3 Å². The molecule has 0 aliphatic carbocycles. The molecule has 0 saturated carbocycles. The third-order valence-electron chi connectivity index (χ3n) is 5.17. The van der Waals surface area contributed by atoms with Gasteiger partial charge in [0.15, 0.2) is 0 Å². The van der Waals surface area contributed by atoms with E-state index < -0.39 is 11.7 Å². The molecule has 2 amide bonds. The minimum atomic E-state index is -0.872. The summed E-state index contributed by atoms with van der Waals surface area (Å²) in [4.78, 5) is 26.4. The number of carbonyl (C=O) groups is 2. The molecule has 168 valence electrons. The fraction of sp³-hybridized carbons (Fsp3) is 0.522. The number of rotatable bonds is 5. The van der Waals surface area contributed by atoms with E-state index in [1.807, 2.05) is 31.3 Å². The molecule has 2 aromatic rings. The predicted octanol–water partition coefficient (Wildman–Crippen LogP) is 3.64. The van der Waals surface area contributed by atoms with Crippen molar-refractivity contribution in [1.29, 1.82) is 0 Å². The molecule has 0 radical (unpaired) electrons. The highest BCUT2D eigenvalue weighted by Crippen LogP contribution is 2.39. The van der Waals surface area contributed by atoms with Gasteiger partial charge in [-0.1, -0.05) is 6.07 Å². The van der Waals surface area contributed by atoms with Gasteiger partial charge in [-0.2, -0.15) is 5.10 Å². The minimum Gasteiger partial charge on any atom is -0.447 e. The minimum absolute atomic E-state index is 0.0392. The van der Waals surface area contributed by atoms with Crippen LogP contribution in [0, 0.1) is 0 Å². The Morgan fingerprint density at radius 1 is 1.32 bits per heavy atom. The van der Waals surface area contributed by atoms with E-state index in [-0.39, 0.29) is 24.1 Å². The fourth-order valence-corrected chi connectivity index (χ4v) is 4.05. The van der Waals surface area contributed by atoms with Crippen LogP contribution < -0.4 is 10.2 Å². The zero-order chi connectivity index (χ0) is 22.9. The standard InChI is InChI=1S/C23H32N4O4/c1-14(2)31-22(29)25-20-9-15(3)27(16(4)28)21-8-7-17(10-19(20)21)18-11-24-26(12-18)13-23(5,6)30/h7-8,10-12,14-15,20,30H,9,13H2,1-6H3,(H,25,29)/t15-,20+/m0/s1. The Balaban J connectivity index is 1.97. The molecule has 2 atom stereocenters. The van der Waals surface area contributed by atoms with Crippen LogP contribution >= 0.6 is 0 Å². The first-order valence-corrected chi connectivity index (χ1v) is 10.6. The highest BCUT2D eigenvalue weighted by atomic mass is 16.6. The second-order valence-electron chi connectivity index (χ2n) is 9.14. The van der Waals surface area contributed by atoms with Crippen molar-refractivity contribution in [1.82, 2.24) is 15.1 Å². The number of aliphatic hydroxyl groups is 1. The van der Waals surface area contributed by atoms with Crippen molar-refractivity contribution >= 4 is 17.7 Å². The van der Waals surface area contributed by atoms with E-state index >= 15 is 0 Å². The van der Waals surface area contributed by atoms with Crippen LogP contribution in [0.2, 0.25) is 0 Å². The summed E-state index contributed by atoms with van der Waals surface area (Å²) >= 11 is 0. The smallest absolute Gasteiger partial charge is 0.407 e. The zero-order valence-corrected chi connectivity index (χ0v) is 19.0. The summed E-state index contributed by atoms with van der Waals surface area (Å²) in [6.07, 6.45) is 3.52. The summed E-state index contributed by atoms with van der Waals surface area (Å²) in [5.41, 5.74) is 2.59. The Kier molecular flexibility index (Phi) is 6.40. The number of benzene rings is 1. The Labute approximate surface area is 183 Å². The number of ether oxygens (including phenoxy) is 1. The maximum Gasteiger partial charge on any atom is 0.407 e. The maximum atomic E-state index is 12.3. The summed E-state index contributed by atoms with van der Waals surface area (Å²) in [7, 11) is 0. The van der Waals surface area contributed by atoms with Gasteiger partial charge >= 0.3 is 6.09 Å². The van der Waals surface area contributed by atoms with Gasteiger partial charge in [-0.15, -0.1) is 0 Å². The zero-order valence-electron chi connectivity index (χ0n) is 19.0. The quantitative estimate of drug-likeness (QED) is 0.758. The summed E-state index contributed by atoms with van der Waals surface area (Å²) in [5, 5.41) is 17.4. The first kappa shape index (κ1) is 22.8. The first-order chi connectivity index (χ1) is 14.4. The van der Waals surface area contributed by atoms with Crippen LogP contribution in [0.1, 0.15) is 59.6 Å². The number of nitrogens with one attached hydrogen (secondary N) is 1. The van der Waals surface area contributed by atoms with Gasteiger partial charge in [0.05, 0.1) is 30.5 Å². The summed E-state index contributed by atoms with van der Waals surface area (Å²) in [6.45, 7) is 11.0. The Morgan fingerprint density at radius 3 is 2.65 bits per heavy atom. The largest absolute Gasteiger partial charge is 0.447 e. The SMILES string of the molecule is CC(=O)N1c2ccc(-c3cnn(CC(C)(C)O)c3)cc2[C@H](NC(=O)OC(C)C)C[C@@H]1C. The maximum absolute atomic E-state index is 12.3. The molecule has 0 spiro atoms. The lowest BCUT2D eigenvalue weighted by molar-refractivity contribution is -0.117. The lowest BCUT2D eigenvalue weighted by atomic mass is 9.89. The van der Waals surface area contributed by atoms with Crippen molar-refractivity contribution in [3.63, 3.8) is 0 Å². The van der Waals surface area contributed by atoms with Gasteiger partial charge in [0.1, 0.15) is 0 Å². The summed E-state index contributed by atoms with van der Waals surface area (Å²) in [5.74, 6) is -0.0392. The second kappa shape index (κ2) is 8.70. The van der Waals surface area contributed by atoms with Gasteiger partial charge in [0.2, 0.25) is 5.91 Å². The normalized spacial score (nSPS) is 18.6. The average Bonchev–Trinajstić information content (AvgIpc) is 3.06.